The van der Waals surface area contributed by atoms with Crippen LogP contribution in [-0.2, 0) is 6.42 Å². The first-order valence-corrected chi connectivity index (χ1v) is 8.73. The standard InChI is InChI=1S/C18H22ClFN4O.HI/c1-21-18(22-8-6-15-3-2-10-25-15)23-13-7-9-24(12-13)14-4-5-17(20)16(19)11-14;/h2-5,10-11,13H,6-9,12H2,1H3,(H2,21,22,23);1H. The highest BCUT2D eigenvalue weighted by Gasteiger charge is 2.23. The number of hydrogen-bond acceptors (Lipinski definition) is 3. The van der Waals surface area contributed by atoms with Crippen LogP contribution in [-0.4, -0.2) is 38.7 Å². The third kappa shape index (κ3) is 5.51. The van der Waals surface area contributed by atoms with Crippen molar-refractivity contribution >= 4 is 47.2 Å². The van der Waals surface area contributed by atoms with Gasteiger partial charge in [0.15, 0.2) is 5.96 Å². The third-order valence-corrected chi connectivity index (χ3v) is 4.55. The molecule has 1 atom stereocenters. The van der Waals surface area contributed by atoms with Gasteiger partial charge in [-0.25, -0.2) is 4.39 Å². The van der Waals surface area contributed by atoms with Crippen LogP contribution >= 0.6 is 35.6 Å². The van der Waals surface area contributed by atoms with Gasteiger partial charge in [-0.2, -0.15) is 0 Å². The van der Waals surface area contributed by atoms with E-state index in [4.69, 9.17) is 16.0 Å². The molecule has 2 heterocycles. The Bertz CT molecular complexity index is 726. The zero-order valence-electron chi connectivity index (χ0n) is 14.5. The number of benzene rings is 1. The van der Waals surface area contributed by atoms with Crippen molar-refractivity contribution in [2.75, 3.05) is 31.6 Å². The number of nitrogens with one attached hydrogen (secondary N) is 2. The minimum absolute atomic E-state index is 0. The summed E-state index contributed by atoms with van der Waals surface area (Å²) in [5, 5.41) is 6.88. The molecule has 2 aromatic rings. The van der Waals surface area contributed by atoms with E-state index >= 15 is 0 Å². The van der Waals surface area contributed by atoms with E-state index in [9.17, 15) is 4.39 Å². The Kier molecular flexibility index (Phi) is 8.02. The second-order valence-electron chi connectivity index (χ2n) is 6.00. The van der Waals surface area contributed by atoms with Crippen LogP contribution in [0.2, 0.25) is 5.02 Å². The van der Waals surface area contributed by atoms with Crippen LogP contribution in [0.1, 0.15) is 12.2 Å². The molecule has 0 spiro atoms. The lowest BCUT2D eigenvalue weighted by molar-refractivity contribution is 0.506. The summed E-state index contributed by atoms with van der Waals surface area (Å²) in [6.07, 6.45) is 3.46. The molecule has 0 radical (unpaired) electrons. The third-order valence-electron chi connectivity index (χ3n) is 4.26. The molecule has 1 aromatic carbocycles. The lowest BCUT2D eigenvalue weighted by Crippen LogP contribution is -2.45. The Morgan fingerprint density at radius 2 is 2.27 bits per heavy atom. The number of hydrogen-bond donors (Lipinski definition) is 2. The van der Waals surface area contributed by atoms with Crippen molar-refractivity contribution in [2.45, 2.75) is 18.9 Å². The summed E-state index contributed by atoms with van der Waals surface area (Å²) >= 11 is 5.88. The Balaban J connectivity index is 0.00000243. The molecule has 1 aliphatic heterocycles. The number of halogens is 3. The minimum Gasteiger partial charge on any atom is -0.469 e. The zero-order chi connectivity index (χ0) is 17.6. The van der Waals surface area contributed by atoms with E-state index < -0.39 is 0 Å². The van der Waals surface area contributed by atoms with Crippen LogP contribution < -0.4 is 15.5 Å². The molecule has 8 heteroatoms. The average Bonchev–Trinajstić information content (AvgIpc) is 3.28. The molecule has 0 aliphatic carbocycles. The quantitative estimate of drug-likeness (QED) is 0.380. The molecule has 5 nitrogen and oxygen atoms in total. The maximum Gasteiger partial charge on any atom is 0.191 e. The summed E-state index contributed by atoms with van der Waals surface area (Å²) in [4.78, 5) is 6.46. The largest absolute Gasteiger partial charge is 0.469 e. The number of furan rings is 1. The van der Waals surface area contributed by atoms with Crippen LogP contribution in [0.5, 0.6) is 0 Å². The van der Waals surface area contributed by atoms with Crippen LogP contribution in [0.25, 0.3) is 0 Å². The monoisotopic (exact) mass is 492 g/mol. The molecule has 1 saturated heterocycles. The van der Waals surface area contributed by atoms with Gasteiger partial charge in [0.25, 0.3) is 0 Å². The van der Waals surface area contributed by atoms with Crippen LogP contribution in [0.3, 0.4) is 0 Å². The number of rotatable bonds is 5. The maximum atomic E-state index is 13.3. The van der Waals surface area contributed by atoms with Crippen molar-refractivity contribution in [3.63, 3.8) is 0 Å². The predicted octanol–water partition coefficient (Wildman–Crippen LogP) is 3.68. The molecule has 1 aromatic heterocycles. The lowest BCUT2D eigenvalue weighted by atomic mass is 10.2. The van der Waals surface area contributed by atoms with Crippen LogP contribution in [0.4, 0.5) is 10.1 Å². The van der Waals surface area contributed by atoms with E-state index in [1.54, 1.807) is 25.4 Å². The van der Waals surface area contributed by atoms with Crippen molar-refractivity contribution in [1.82, 2.24) is 10.6 Å². The first-order chi connectivity index (χ1) is 12.2. The molecule has 1 unspecified atom stereocenters. The molecule has 0 bridgehead atoms. The van der Waals surface area contributed by atoms with Crippen LogP contribution in [0, 0.1) is 5.82 Å². The average molecular weight is 493 g/mol. The van der Waals surface area contributed by atoms with E-state index in [-0.39, 0.29) is 40.9 Å². The fraction of sp³-hybridized carbons (Fsp3) is 0.389. The highest BCUT2D eigenvalue weighted by atomic mass is 127. The molecular formula is C18H23ClFIN4O. The highest BCUT2D eigenvalue weighted by Crippen LogP contribution is 2.25. The molecule has 142 valence electrons. The molecule has 2 N–H and O–H groups in total. The van der Waals surface area contributed by atoms with Gasteiger partial charge in [0, 0.05) is 44.8 Å². The van der Waals surface area contributed by atoms with Crippen LogP contribution in [0.15, 0.2) is 46.0 Å². The normalized spacial score (nSPS) is 17.1. The Hall–Kier alpha value is -1.48. The summed E-state index contributed by atoms with van der Waals surface area (Å²) < 4.78 is 18.6. The van der Waals surface area contributed by atoms with Gasteiger partial charge in [-0.15, -0.1) is 24.0 Å². The summed E-state index contributed by atoms with van der Waals surface area (Å²) in [5.41, 5.74) is 0.941. The smallest absolute Gasteiger partial charge is 0.191 e. The van der Waals surface area contributed by atoms with Gasteiger partial charge in [-0.05, 0) is 36.8 Å². The van der Waals surface area contributed by atoms with E-state index in [1.165, 1.54) is 6.07 Å². The molecule has 1 aliphatic rings. The van der Waals surface area contributed by atoms with Gasteiger partial charge in [0.1, 0.15) is 11.6 Å². The number of guanidine groups is 1. The summed E-state index contributed by atoms with van der Waals surface area (Å²) in [7, 11) is 1.76. The first-order valence-electron chi connectivity index (χ1n) is 8.35. The molecule has 0 amide bonds. The van der Waals surface area contributed by atoms with Gasteiger partial charge >= 0.3 is 0 Å². The first kappa shape index (κ1) is 20.8. The Labute approximate surface area is 175 Å². The van der Waals surface area contributed by atoms with E-state index in [1.807, 2.05) is 12.1 Å². The minimum atomic E-state index is -0.388. The van der Waals surface area contributed by atoms with Gasteiger partial charge in [0.05, 0.1) is 11.3 Å². The fourth-order valence-electron chi connectivity index (χ4n) is 2.94. The number of anilines is 1. The van der Waals surface area contributed by atoms with Crippen molar-refractivity contribution < 1.29 is 8.81 Å². The predicted molar refractivity (Wildman–Crippen MR) is 114 cm³/mol. The second-order valence-corrected chi connectivity index (χ2v) is 6.41. The molecule has 26 heavy (non-hydrogen) atoms. The summed E-state index contributed by atoms with van der Waals surface area (Å²) in [5.74, 6) is 1.33. The maximum absolute atomic E-state index is 13.3. The van der Waals surface area contributed by atoms with Crippen molar-refractivity contribution in [3.8, 4) is 0 Å². The number of nitrogens with zero attached hydrogens (tertiary/aromatic N) is 2. The molecule has 3 rings (SSSR count). The SMILES string of the molecule is CN=C(NCCc1ccco1)NC1CCN(c2ccc(F)c(Cl)c2)C1.I. The Morgan fingerprint density at radius 3 is 2.96 bits per heavy atom. The fourth-order valence-corrected chi connectivity index (χ4v) is 3.12. The van der Waals surface area contributed by atoms with Gasteiger partial charge in [-0.3, -0.25) is 4.99 Å². The molecule has 0 saturated carbocycles. The van der Waals surface area contributed by atoms with Crippen molar-refractivity contribution in [1.29, 1.82) is 0 Å². The topological polar surface area (TPSA) is 52.8 Å². The Morgan fingerprint density at radius 1 is 1.42 bits per heavy atom. The molecule has 1 fully saturated rings. The number of aliphatic imine (C=N–C) groups is 1. The summed E-state index contributed by atoms with van der Waals surface area (Å²) in [6, 6.07) is 8.97. The van der Waals surface area contributed by atoms with Crippen molar-refractivity contribution in [2.24, 2.45) is 4.99 Å². The highest BCUT2D eigenvalue weighted by molar-refractivity contribution is 14.0. The van der Waals surface area contributed by atoms with Gasteiger partial charge in [0.2, 0.25) is 0 Å². The second kappa shape index (κ2) is 10.0. The van der Waals surface area contributed by atoms with E-state index in [0.717, 1.165) is 49.9 Å². The van der Waals surface area contributed by atoms with Gasteiger partial charge in [-0.1, -0.05) is 11.6 Å². The molecular weight excluding hydrogens is 470 g/mol. The van der Waals surface area contributed by atoms with Gasteiger partial charge < -0.3 is 20.0 Å². The zero-order valence-corrected chi connectivity index (χ0v) is 17.6. The lowest BCUT2D eigenvalue weighted by Gasteiger charge is -2.20. The van der Waals surface area contributed by atoms with E-state index in [0.29, 0.717) is 0 Å². The van der Waals surface area contributed by atoms with E-state index in [2.05, 4.69) is 20.5 Å². The summed E-state index contributed by atoms with van der Waals surface area (Å²) in [6.45, 7) is 2.46. The van der Waals surface area contributed by atoms with Crippen molar-refractivity contribution in [3.05, 3.63) is 53.2 Å².